The van der Waals surface area contributed by atoms with Crippen molar-refractivity contribution in [2.75, 3.05) is 0 Å². The van der Waals surface area contributed by atoms with E-state index in [0.717, 1.165) is 19.3 Å². The molecule has 0 radical (unpaired) electrons. The second-order valence-corrected chi connectivity index (χ2v) is 5.38. The Kier molecular flexibility index (Phi) is 6.08. The Labute approximate surface area is 115 Å². The molecule has 1 rings (SSSR count). The van der Waals surface area contributed by atoms with Gasteiger partial charge in [-0.1, -0.05) is 24.9 Å². The third-order valence-corrected chi connectivity index (χ3v) is 3.80. The van der Waals surface area contributed by atoms with E-state index in [1.165, 1.54) is 6.42 Å². The number of hydrogen-bond donors (Lipinski definition) is 3. The third-order valence-electron chi connectivity index (χ3n) is 3.80. The molecule has 0 spiro atoms. The van der Waals surface area contributed by atoms with Gasteiger partial charge in [-0.05, 0) is 33.1 Å². The van der Waals surface area contributed by atoms with Crippen LogP contribution in [0.4, 0.5) is 0 Å². The molecular formula is C13H26N4O2. The highest BCUT2D eigenvalue weighted by Gasteiger charge is 2.30. The van der Waals surface area contributed by atoms with E-state index in [9.17, 15) is 4.79 Å². The van der Waals surface area contributed by atoms with Gasteiger partial charge in [0.2, 0.25) is 5.91 Å². The summed E-state index contributed by atoms with van der Waals surface area (Å²) in [7, 11) is 0. The predicted molar refractivity (Wildman–Crippen MR) is 74.6 cm³/mol. The quantitative estimate of drug-likeness (QED) is 0.305. The number of oxime groups is 1. The largest absolute Gasteiger partial charge is 0.409 e. The molecule has 1 aliphatic rings. The van der Waals surface area contributed by atoms with Crippen LogP contribution in [-0.2, 0) is 4.79 Å². The van der Waals surface area contributed by atoms with Gasteiger partial charge in [0.05, 0.1) is 0 Å². The van der Waals surface area contributed by atoms with Crippen LogP contribution in [0.1, 0.15) is 52.9 Å². The van der Waals surface area contributed by atoms with Crippen molar-refractivity contribution in [1.82, 2.24) is 10.4 Å². The van der Waals surface area contributed by atoms with Crippen LogP contribution in [0.3, 0.4) is 0 Å². The number of carbonyl (C=O) groups excluding carboxylic acids is 1. The van der Waals surface area contributed by atoms with Gasteiger partial charge >= 0.3 is 0 Å². The number of amides is 1. The van der Waals surface area contributed by atoms with Crippen LogP contribution in [0.5, 0.6) is 0 Å². The van der Waals surface area contributed by atoms with Gasteiger partial charge in [-0.15, -0.1) is 0 Å². The predicted octanol–water partition coefficient (Wildman–Crippen LogP) is 1.44. The fourth-order valence-electron chi connectivity index (χ4n) is 2.62. The van der Waals surface area contributed by atoms with Crippen molar-refractivity contribution >= 4 is 11.7 Å². The lowest BCUT2D eigenvalue weighted by Crippen LogP contribution is -2.56. The molecule has 6 nitrogen and oxygen atoms in total. The molecule has 3 unspecified atom stereocenters. The van der Waals surface area contributed by atoms with E-state index in [4.69, 9.17) is 10.9 Å². The van der Waals surface area contributed by atoms with Crippen LogP contribution >= 0.6 is 0 Å². The molecule has 6 heteroatoms. The molecule has 0 aromatic carbocycles. The number of nitrogens with two attached hydrogens (primary N) is 1. The maximum atomic E-state index is 12.3. The molecular weight excluding hydrogens is 244 g/mol. The number of amidine groups is 1. The first-order valence-corrected chi connectivity index (χ1v) is 7.07. The van der Waals surface area contributed by atoms with Crippen LogP contribution in [0.2, 0.25) is 0 Å². The first kappa shape index (κ1) is 15.8. The number of hydrogen-bond acceptors (Lipinski definition) is 4. The Bertz CT molecular complexity index is 323. The number of rotatable bonds is 5. The van der Waals surface area contributed by atoms with Crippen molar-refractivity contribution in [3.63, 3.8) is 0 Å². The average Bonchev–Trinajstić information content (AvgIpc) is 2.39. The average molecular weight is 270 g/mol. The summed E-state index contributed by atoms with van der Waals surface area (Å²) in [6, 6.07) is 0.643. The van der Waals surface area contributed by atoms with E-state index in [1.807, 2.05) is 11.9 Å². The molecule has 3 atom stereocenters. The van der Waals surface area contributed by atoms with Gasteiger partial charge in [0.15, 0.2) is 5.84 Å². The van der Waals surface area contributed by atoms with Gasteiger partial charge < -0.3 is 10.9 Å². The molecule has 19 heavy (non-hydrogen) atoms. The summed E-state index contributed by atoms with van der Waals surface area (Å²) in [5, 5.41) is 13.7. The van der Waals surface area contributed by atoms with Crippen molar-refractivity contribution < 1.29 is 10.0 Å². The van der Waals surface area contributed by atoms with Gasteiger partial charge in [0.1, 0.15) is 5.92 Å². The summed E-state index contributed by atoms with van der Waals surface area (Å²) in [6.07, 6.45) is 4.73. The van der Waals surface area contributed by atoms with Crippen molar-refractivity contribution in [2.45, 2.75) is 65.0 Å². The number of nitrogens with zero attached hydrogens (tertiary/aromatic N) is 2. The van der Waals surface area contributed by atoms with Crippen LogP contribution in [-0.4, -0.2) is 34.0 Å². The van der Waals surface area contributed by atoms with Crippen LogP contribution in [0, 0.1) is 5.92 Å². The second kappa shape index (κ2) is 7.33. The molecule has 1 heterocycles. The number of hydrazine groups is 1. The van der Waals surface area contributed by atoms with Crippen molar-refractivity contribution in [2.24, 2.45) is 16.8 Å². The molecule has 1 saturated heterocycles. The zero-order valence-electron chi connectivity index (χ0n) is 12.1. The summed E-state index contributed by atoms with van der Waals surface area (Å²) < 4.78 is 0. The van der Waals surface area contributed by atoms with Crippen LogP contribution in [0.25, 0.3) is 0 Å². The first-order chi connectivity index (χ1) is 9.01. The first-order valence-electron chi connectivity index (χ1n) is 7.07. The molecule has 1 aliphatic heterocycles. The molecule has 1 fully saturated rings. The minimum atomic E-state index is -0.559. The highest BCUT2D eigenvalue weighted by Crippen LogP contribution is 2.20. The van der Waals surface area contributed by atoms with Gasteiger partial charge in [0, 0.05) is 12.1 Å². The standard InChI is InChI=1S/C13H26N4O2/c1-4-6-11(12(14)16-19)13(18)15-17-9(2)7-5-8-10(17)3/h9-11,19H,4-8H2,1-3H3,(H2,14,16)(H,15,18). The Morgan fingerprint density at radius 2 is 2.05 bits per heavy atom. The highest BCUT2D eigenvalue weighted by molar-refractivity contribution is 6.01. The molecule has 0 aromatic heterocycles. The molecule has 4 N–H and O–H groups in total. The minimum absolute atomic E-state index is 0.0170. The van der Waals surface area contributed by atoms with Crippen LogP contribution in [0.15, 0.2) is 5.16 Å². The maximum absolute atomic E-state index is 12.3. The summed E-state index contributed by atoms with van der Waals surface area (Å²) in [4.78, 5) is 12.3. The monoisotopic (exact) mass is 270 g/mol. The molecule has 0 bridgehead atoms. The fraction of sp³-hybridized carbons (Fsp3) is 0.846. The smallest absolute Gasteiger partial charge is 0.245 e. The molecule has 0 saturated carbocycles. The van der Waals surface area contributed by atoms with E-state index >= 15 is 0 Å². The Morgan fingerprint density at radius 1 is 1.47 bits per heavy atom. The van der Waals surface area contributed by atoms with E-state index in [0.29, 0.717) is 18.5 Å². The lowest BCUT2D eigenvalue weighted by Gasteiger charge is -2.39. The zero-order chi connectivity index (χ0) is 14.4. The number of carbonyl (C=O) groups is 1. The van der Waals surface area contributed by atoms with Gasteiger partial charge in [-0.2, -0.15) is 0 Å². The number of nitrogens with one attached hydrogen (secondary N) is 1. The third kappa shape index (κ3) is 4.09. The van der Waals surface area contributed by atoms with E-state index in [-0.39, 0.29) is 11.7 Å². The summed E-state index contributed by atoms with van der Waals surface area (Å²) >= 11 is 0. The summed E-state index contributed by atoms with van der Waals surface area (Å²) in [6.45, 7) is 6.18. The maximum Gasteiger partial charge on any atom is 0.245 e. The van der Waals surface area contributed by atoms with Gasteiger partial charge in [-0.25, -0.2) is 5.01 Å². The highest BCUT2D eigenvalue weighted by atomic mass is 16.4. The van der Waals surface area contributed by atoms with Gasteiger partial charge in [0.25, 0.3) is 0 Å². The van der Waals surface area contributed by atoms with E-state index in [1.54, 1.807) is 0 Å². The normalized spacial score (nSPS) is 27.0. The van der Waals surface area contributed by atoms with Crippen molar-refractivity contribution in [1.29, 1.82) is 0 Å². The second-order valence-electron chi connectivity index (χ2n) is 5.38. The van der Waals surface area contributed by atoms with E-state index < -0.39 is 5.92 Å². The lowest BCUT2D eigenvalue weighted by molar-refractivity contribution is -0.131. The topological polar surface area (TPSA) is 91.0 Å². The molecule has 1 amide bonds. The molecule has 0 aliphatic carbocycles. The Hall–Kier alpha value is -1.30. The Morgan fingerprint density at radius 3 is 2.53 bits per heavy atom. The molecule has 110 valence electrons. The summed E-state index contributed by atoms with van der Waals surface area (Å²) in [5.41, 5.74) is 8.54. The molecule has 0 aromatic rings. The van der Waals surface area contributed by atoms with Crippen molar-refractivity contribution in [3.8, 4) is 0 Å². The summed E-state index contributed by atoms with van der Waals surface area (Å²) in [5.74, 6) is -0.759. The lowest BCUT2D eigenvalue weighted by atomic mass is 9.99. The SMILES string of the molecule is CCCC(C(=O)NN1C(C)CCCC1C)C(N)=NO. The van der Waals surface area contributed by atoms with E-state index in [2.05, 4.69) is 24.4 Å². The minimum Gasteiger partial charge on any atom is -0.409 e. The van der Waals surface area contributed by atoms with Crippen molar-refractivity contribution in [3.05, 3.63) is 0 Å². The van der Waals surface area contributed by atoms with Gasteiger partial charge in [-0.3, -0.25) is 10.2 Å². The Balaban J connectivity index is 2.69. The number of piperidine rings is 1. The fourth-order valence-corrected chi connectivity index (χ4v) is 2.62. The van der Waals surface area contributed by atoms with Crippen LogP contribution < -0.4 is 11.2 Å². The zero-order valence-corrected chi connectivity index (χ0v) is 12.1.